The van der Waals surface area contributed by atoms with Crippen molar-refractivity contribution in [1.82, 2.24) is 10.2 Å². The first-order valence-corrected chi connectivity index (χ1v) is 10.4. The van der Waals surface area contributed by atoms with Gasteiger partial charge >= 0.3 is 5.97 Å². The molecular formula is C24H23FN4O3. The number of nitrogens with zero attached hydrogens (tertiary/aromatic N) is 3. The third kappa shape index (κ3) is 4.74. The van der Waals surface area contributed by atoms with Gasteiger partial charge < -0.3 is 15.0 Å². The number of nitrogens with one attached hydrogen (secondary N) is 1. The molecule has 0 saturated carbocycles. The summed E-state index contributed by atoms with van der Waals surface area (Å²) < 4.78 is 17.9. The van der Waals surface area contributed by atoms with E-state index < -0.39 is 5.97 Å². The van der Waals surface area contributed by atoms with Gasteiger partial charge in [-0.2, -0.15) is 0 Å². The average molecular weight is 434 g/mol. The van der Waals surface area contributed by atoms with Crippen LogP contribution < -0.4 is 10.2 Å². The summed E-state index contributed by atoms with van der Waals surface area (Å²) in [6.45, 7) is 1.27. The first-order valence-electron chi connectivity index (χ1n) is 10.4. The number of ether oxygens (including phenoxy) is 1. The van der Waals surface area contributed by atoms with E-state index in [2.05, 4.69) is 15.5 Å². The summed E-state index contributed by atoms with van der Waals surface area (Å²) in [6.07, 6.45) is 1.57. The molecular weight excluding hydrogens is 411 g/mol. The first-order chi connectivity index (χ1) is 15.5. The number of methoxy groups -OCH3 is 1. The minimum Gasteiger partial charge on any atom is -0.465 e. The fourth-order valence-corrected chi connectivity index (χ4v) is 3.78. The van der Waals surface area contributed by atoms with Crippen LogP contribution in [-0.2, 0) is 9.53 Å². The predicted molar refractivity (Wildman–Crippen MR) is 119 cm³/mol. The van der Waals surface area contributed by atoms with Gasteiger partial charge in [-0.25, -0.2) is 9.18 Å². The van der Waals surface area contributed by atoms with Gasteiger partial charge in [0.25, 0.3) is 0 Å². The maximum Gasteiger partial charge on any atom is 0.339 e. The van der Waals surface area contributed by atoms with Crippen LogP contribution in [0.15, 0.2) is 60.7 Å². The van der Waals surface area contributed by atoms with Crippen LogP contribution in [0, 0.1) is 11.7 Å². The number of halogens is 1. The lowest BCUT2D eigenvalue weighted by Gasteiger charge is -2.32. The maximum atomic E-state index is 13.1. The largest absolute Gasteiger partial charge is 0.465 e. The Morgan fingerprint density at radius 2 is 1.84 bits per heavy atom. The number of hydrogen-bond donors (Lipinski definition) is 1. The molecule has 1 amide bonds. The smallest absolute Gasteiger partial charge is 0.339 e. The molecule has 1 unspecified atom stereocenters. The average Bonchev–Trinajstić information content (AvgIpc) is 2.84. The molecule has 4 rings (SSSR count). The number of aromatic nitrogens is 2. The molecule has 1 saturated heterocycles. The lowest BCUT2D eigenvalue weighted by atomic mass is 9.96. The van der Waals surface area contributed by atoms with Crippen molar-refractivity contribution in [1.29, 1.82) is 0 Å². The van der Waals surface area contributed by atoms with Gasteiger partial charge in [-0.1, -0.05) is 12.1 Å². The monoisotopic (exact) mass is 434 g/mol. The summed E-state index contributed by atoms with van der Waals surface area (Å²) in [5, 5.41) is 11.5. The van der Waals surface area contributed by atoms with Crippen LogP contribution in [0.2, 0.25) is 0 Å². The van der Waals surface area contributed by atoms with Gasteiger partial charge in [0.05, 0.1) is 30.0 Å². The molecule has 1 N–H and O–H groups in total. The summed E-state index contributed by atoms with van der Waals surface area (Å²) >= 11 is 0. The van der Waals surface area contributed by atoms with Gasteiger partial charge in [0, 0.05) is 18.7 Å². The SMILES string of the molecule is COC(=O)c1ccccc1NC(=O)C1CCCN(c2ccc(-c3ccc(F)cc3)nn2)C1. The van der Waals surface area contributed by atoms with Crippen molar-refractivity contribution in [3.05, 3.63) is 72.0 Å². The van der Waals surface area contributed by atoms with Gasteiger partial charge in [0.15, 0.2) is 5.82 Å². The molecule has 1 aliphatic rings. The molecule has 0 spiro atoms. The second-order valence-electron chi connectivity index (χ2n) is 7.60. The van der Waals surface area contributed by atoms with E-state index in [1.807, 2.05) is 17.0 Å². The van der Waals surface area contributed by atoms with Crippen LogP contribution in [-0.4, -0.2) is 42.3 Å². The molecule has 7 nitrogen and oxygen atoms in total. The molecule has 0 bridgehead atoms. The number of carbonyl (C=O) groups excluding carboxylic acids is 2. The fourth-order valence-electron chi connectivity index (χ4n) is 3.78. The van der Waals surface area contributed by atoms with Crippen LogP contribution in [0.1, 0.15) is 23.2 Å². The molecule has 1 atom stereocenters. The lowest BCUT2D eigenvalue weighted by molar-refractivity contribution is -0.120. The number of piperidine rings is 1. The Morgan fingerprint density at radius 1 is 1.06 bits per heavy atom. The van der Waals surface area contributed by atoms with E-state index in [1.54, 1.807) is 36.4 Å². The summed E-state index contributed by atoms with van der Waals surface area (Å²) in [4.78, 5) is 26.9. The highest BCUT2D eigenvalue weighted by molar-refractivity contribution is 6.02. The highest BCUT2D eigenvalue weighted by Crippen LogP contribution is 2.25. The van der Waals surface area contributed by atoms with Crippen molar-refractivity contribution in [2.45, 2.75) is 12.8 Å². The maximum absolute atomic E-state index is 13.1. The van der Waals surface area contributed by atoms with Gasteiger partial charge in [0.1, 0.15) is 5.82 Å². The number of anilines is 2. The van der Waals surface area contributed by atoms with E-state index in [1.165, 1.54) is 19.2 Å². The van der Waals surface area contributed by atoms with Crippen molar-refractivity contribution in [2.24, 2.45) is 5.92 Å². The second kappa shape index (κ2) is 9.55. The molecule has 8 heteroatoms. The number of para-hydroxylation sites is 1. The zero-order chi connectivity index (χ0) is 22.5. The van der Waals surface area contributed by atoms with Crippen LogP contribution in [0.25, 0.3) is 11.3 Å². The number of esters is 1. The number of amides is 1. The molecule has 1 aromatic heterocycles. The highest BCUT2D eigenvalue weighted by Gasteiger charge is 2.27. The number of carbonyl (C=O) groups is 2. The van der Waals surface area contributed by atoms with Gasteiger partial charge in [0.2, 0.25) is 5.91 Å². The predicted octanol–water partition coefficient (Wildman–Crippen LogP) is 3.92. The lowest BCUT2D eigenvalue weighted by Crippen LogP contribution is -2.41. The van der Waals surface area contributed by atoms with Gasteiger partial charge in [-0.05, 0) is 61.4 Å². The number of rotatable bonds is 5. The van der Waals surface area contributed by atoms with Crippen molar-refractivity contribution in [3.63, 3.8) is 0 Å². The Balaban J connectivity index is 1.44. The van der Waals surface area contributed by atoms with Crippen LogP contribution in [0.4, 0.5) is 15.9 Å². The standard InChI is InChI=1S/C24H23FN4O3/c1-32-24(31)19-6-2-3-7-21(19)26-23(30)17-5-4-14-29(15-17)22-13-12-20(27-28-22)16-8-10-18(25)11-9-16/h2-3,6-13,17H,4-5,14-15H2,1H3,(H,26,30). The molecule has 2 aromatic carbocycles. The minimum absolute atomic E-state index is 0.151. The summed E-state index contributed by atoms with van der Waals surface area (Å²) in [5.41, 5.74) is 2.19. The van der Waals surface area contributed by atoms with Crippen LogP contribution in [0.3, 0.4) is 0 Å². The van der Waals surface area contributed by atoms with Gasteiger partial charge in [-0.3, -0.25) is 4.79 Å². The van der Waals surface area contributed by atoms with Crippen molar-refractivity contribution in [2.75, 3.05) is 30.4 Å². The van der Waals surface area contributed by atoms with E-state index in [-0.39, 0.29) is 17.6 Å². The Kier molecular flexibility index (Phi) is 6.39. The second-order valence-corrected chi connectivity index (χ2v) is 7.60. The zero-order valence-corrected chi connectivity index (χ0v) is 17.6. The third-order valence-corrected chi connectivity index (χ3v) is 5.50. The quantitative estimate of drug-likeness (QED) is 0.613. The van der Waals surface area contributed by atoms with Crippen molar-refractivity contribution < 1.29 is 18.7 Å². The Labute approximate surface area is 185 Å². The summed E-state index contributed by atoms with van der Waals surface area (Å²) in [7, 11) is 1.31. The van der Waals surface area contributed by atoms with E-state index in [0.717, 1.165) is 24.9 Å². The Hall–Kier alpha value is -3.81. The van der Waals surface area contributed by atoms with E-state index in [9.17, 15) is 14.0 Å². The minimum atomic E-state index is -0.498. The molecule has 0 radical (unpaired) electrons. The van der Waals surface area contributed by atoms with E-state index in [4.69, 9.17) is 4.74 Å². The molecule has 0 aliphatic carbocycles. The molecule has 32 heavy (non-hydrogen) atoms. The molecule has 164 valence electrons. The van der Waals surface area contributed by atoms with Crippen LogP contribution >= 0.6 is 0 Å². The van der Waals surface area contributed by atoms with Crippen LogP contribution in [0.5, 0.6) is 0 Å². The first kappa shape index (κ1) is 21.4. The van der Waals surface area contributed by atoms with Crippen molar-refractivity contribution in [3.8, 4) is 11.3 Å². The summed E-state index contributed by atoms with van der Waals surface area (Å²) in [6, 6.07) is 16.6. The molecule has 1 fully saturated rings. The zero-order valence-electron chi connectivity index (χ0n) is 17.6. The number of benzene rings is 2. The topological polar surface area (TPSA) is 84.4 Å². The molecule has 1 aliphatic heterocycles. The van der Waals surface area contributed by atoms with E-state index in [0.29, 0.717) is 29.3 Å². The Morgan fingerprint density at radius 3 is 2.56 bits per heavy atom. The third-order valence-electron chi connectivity index (χ3n) is 5.50. The molecule has 2 heterocycles. The van der Waals surface area contributed by atoms with Gasteiger partial charge in [-0.15, -0.1) is 10.2 Å². The Bertz CT molecular complexity index is 1100. The fraction of sp³-hybridized carbons (Fsp3) is 0.250. The van der Waals surface area contributed by atoms with Crippen molar-refractivity contribution >= 4 is 23.4 Å². The van der Waals surface area contributed by atoms with E-state index >= 15 is 0 Å². The molecule has 3 aromatic rings. The summed E-state index contributed by atoms with van der Waals surface area (Å²) in [5.74, 6) is -0.522. The highest BCUT2D eigenvalue weighted by atomic mass is 19.1. The number of hydrogen-bond acceptors (Lipinski definition) is 6. The normalized spacial score (nSPS) is 15.8.